The Balaban J connectivity index is 1.30. The van der Waals surface area contributed by atoms with Crippen molar-refractivity contribution in [3.05, 3.63) is 17.7 Å². The summed E-state index contributed by atoms with van der Waals surface area (Å²) in [6.07, 6.45) is -9.24. The van der Waals surface area contributed by atoms with E-state index in [9.17, 15) is 30.0 Å². The Morgan fingerprint density at radius 1 is 0.686 bits per heavy atom. The number of benzene rings is 1. The molecule has 1 aromatic rings. The molecule has 2 unspecified atom stereocenters. The summed E-state index contributed by atoms with van der Waals surface area (Å²) in [5.41, 5.74) is 0.550. The summed E-state index contributed by atoms with van der Waals surface area (Å²) in [5.74, 6) is -0.376. The molecule has 4 heterocycles. The van der Waals surface area contributed by atoms with Gasteiger partial charge in [-0.1, -0.05) is 26.7 Å². The third-order valence-electron chi connectivity index (χ3n) is 10.1. The SMILES string of the molecule is CCCC1OC[C@H]2O[C@@H](CC(=O)CC(CC(=O)C[C@@H]3O[C@@H]4COC(CCC)O[C@H]4[C@H](O)[C@H]3O)c3cc(OC)c(OC)c(OC)c3)[C@H](O)[C@@H](O)[C@@H]2O1. The fourth-order valence-corrected chi connectivity index (χ4v) is 7.39. The quantitative estimate of drug-likeness (QED) is 0.191. The number of carbonyl (C=O) groups is 2. The van der Waals surface area contributed by atoms with Crippen LogP contribution in [0.15, 0.2) is 12.1 Å². The Morgan fingerprint density at radius 2 is 1.12 bits per heavy atom. The van der Waals surface area contributed by atoms with Crippen molar-refractivity contribution in [1.29, 1.82) is 0 Å². The molecule has 4 fully saturated rings. The van der Waals surface area contributed by atoms with Crippen molar-refractivity contribution in [2.75, 3.05) is 34.5 Å². The van der Waals surface area contributed by atoms with Crippen molar-refractivity contribution in [3.63, 3.8) is 0 Å². The zero-order valence-corrected chi connectivity index (χ0v) is 30.0. The number of ketones is 2. The van der Waals surface area contributed by atoms with Gasteiger partial charge in [-0.3, -0.25) is 9.59 Å². The highest BCUT2D eigenvalue weighted by molar-refractivity contribution is 5.83. The number of Topliss-reactive ketones (excluding diaryl/α,β-unsaturated/α-hetero) is 2. The molecule has 4 aliphatic heterocycles. The summed E-state index contributed by atoms with van der Waals surface area (Å²) in [5, 5.41) is 43.8. The van der Waals surface area contributed by atoms with E-state index in [1.54, 1.807) is 12.1 Å². The van der Waals surface area contributed by atoms with Gasteiger partial charge in [-0.25, -0.2) is 0 Å². The van der Waals surface area contributed by atoms with Crippen molar-refractivity contribution in [2.24, 2.45) is 0 Å². The molecule has 15 heteroatoms. The second-order valence-corrected chi connectivity index (χ2v) is 13.7. The predicted octanol–water partition coefficient (Wildman–Crippen LogP) is 1.56. The first-order valence-electron chi connectivity index (χ1n) is 17.9. The van der Waals surface area contributed by atoms with Gasteiger partial charge in [0.15, 0.2) is 24.1 Å². The first-order chi connectivity index (χ1) is 24.5. The molecule has 0 saturated carbocycles. The average Bonchev–Trinajstić information content (AvgIpc) is 3.12. The van der Waals surface area contributed by atoms with Crippen LogP contribution in [0.4, 0.5) is 0 Å². The van der Waals surface area contributed by atoms with Gasteiger partial charge in [0.25, 0.3) is 0 Å². The van der Waals surface area contributed by atoms with E-state index in [4.69, 9.17) is 42.6 Å². The highest BCUT2D eigenvalue weighted by atomic mass is 16.7. The van der Waals surface area contributed by atoms with E-state index in [2.05, 4.69) is 0 Å². The Morgan fingerprint density at radius 3 is 1.49 bits per heavy atom. The van der Waals surface area contributed by atoms with Gasteiger partial charge in [0, 0.05) is 25.7 Å². The number of fused-ring (bicyclic) bond motifs is 2. The van der Waals surface area contributed by atoms with Crippen molar-refractivity contribution in [3.8, 4) is 17.2 Å². The summed E-state index contributed by atoms with van der Waals surface area (Å²) in [6.45, 7) is 4.26. The number of aliphatic hydroxyl groups excluding tert-OH is 4. The molecule has 0 aliphatic carbocycles. The third-order valence-corrected chi connectivity index (χ3v) is 10.1. The molecule has 0 amide bonds. The maximum atomic E-state index is 13.7. The number of aliphatic hydroxyl groups is 4. The monoisotopic (exact) mass is 726 g/mol. The molecule has 4 saturated heterocycles. The van der Waals surface area contributed by atoms with E-state index in [-0.39, 0.29) is 50.5 Å². The van der Waals surface area contributed by atoms with Gasteiger partial charge in [-0.05, 0) is 36.5 Å². The van der Waals surface area contributed by atoms with Gasteiger partial charge in [0.2, 0.25) is 5.75 Å². The number of ether oxygens (including phenoxy) is 9. The summed E-state index contributed by atoms with van der Waals surface area (Å²) in [7, 11) is 4.38. The van der Waals surface area contributed by atoms with Gasteiger partial charge < -0.3 is 63.1 Å². The van der Waals surface area contributed by atoms with Crippen LogP contribution in [0.2, 0.25) is 0 Å². The molecule has 4 aliphatic rings. The highest BCUT2D eigenvalue weighted by Crippen LogP contribution is 2.42. The lowest BCUT2D eigenvalue weighted by atomic mass is 9.84. The summed E-state index contributed by atoms with van der Waals surface area (Å²) < 4.78 is 51.7. The fourth-order valence-electron chi connectivity index (χ4n) is 7.39. The van der Waals surface area contributed by atoms with Gasteiger partial charge in [-0.2, -0.15) is 0 Å². The zero-order chi connectivity index (χ0) is 36.8. The van der Waals surface area contributed by atoms with Crippen molar-refractivity contribution >= 4 is 11.6 Å². The van der Waals surface area contributed by atoms with E-state index in [1.807, 2.05) is 13.8 Å². The number of rotatable bonds is 16. The molecule has 0 aromatic heterocycles. The van der Waals surface area contributed by atoms with Crippen molar-refractivity contribution in [1.82, 2.24) is 0 Å². The molecular formula is C36H54O15. The summed E-state index contributed by atoms with van der Waals surface area (Å²) in [4.78, 5) is 27.4. The summed E-state index contributed by atoms with van der Waals surface area (Å²) in [6, 6.07) is 3.33. The number of hydrogen-bond acceptors (Lipinski definition) is 15. The highest BCUT2D eigenvalue weighted by Gasteiger charge is 2.50. The van der Waals surface area contributed by atoms with Gasteiger partial charge >= 0.3 is 0 Å². The Bertz CT molecular complexity index is 1210. The predicted molar refractivity (Wildman–Crippen MR) is 178 cm³/mol. The average molecular weight is 727 g/mol. The molecule has 5 rings (SSSR count). The molecule has 4 N–H and O–H groups in total. The van der Waals surface area contributed by atoms with Crippen LogP contribution in [-0.2, 0) is 38.0 Å². The largest absolute Gasteiger partial charge is 0.493 e. The normalized spacial score (nSPS) is 35.6. The van der Waals surface area contributed by atoms with Crippen molar-refractivity contribution < 1.29 is 72.6 Å². The fraction of sp³-hybridized carbons (Fsp3) is 0.778. The van der Waals surface area contributed by atoms with Crippen LogP contribution in [0.5, 0.6) is 17.2 Å². The first kappa shape index (κ1) is 39.8. The van der Waals surface area contributed by atoms with Gasteiger partial charge in [0.05, 0.1) is 46.8 Å². The Kier molecular flexibility index (Phi) is 14.1. The van der Waals surface area contributed by atoms with E-state index < -0.39 is 79.5 Å². The third kappa shape index (κ3) is 9.21. The van der Waals surface area contributed by atoms with E-state index in [1.165, 1.54) is 21.3 Å². The maximum Gasteiger partial charge on any atom is 0.203 e. The smallest absolute Gasteiger partial charge is 0.203 e. The Labute approximate surface area is 298 Å². The Hall–Kier alpha value is -2.44. The lowest BCUT2D eigenvalue weighted by Crippen LogP contribution is -2.63. The van der Waals surface area contributed by atoms with Crippen LogP contribution in [0.3, 0.4) is 0 Å². The van der Waals surface area contributed by atoms with E-state index in [0.717, 1.165) is 12.8 Å². The second kappa shape index (κ2) is 18.1. The second-order valence-electron chi connectivity index (χ2n) is 13.7. The zero-order valence-electron chi connectivity index (χ0n) is 30.0. The number of carbonyl (C=O) groups excluding carboxylic acids is 2. The lowest BCUT2D eigenvalue weighted by Gasteiger charge is -2.46. The molecule has 0 spiro atoms. The molecule has 12 atom stereocenters. The molecule has 0 bridgehead atoms. The van der Waals surface area contributed by atoms with Crippen LogP contribution in [0, 0.1) is 0 Å². The molecule has 1 aromatic carbocycles. The minimum atomic E-state index is -1.39. The van der Waals surface area contributed by atoms with Crippen LogP contribution < -0.4 is 14.2 Å². The van der Waals surface area contributed by atoms with Crippen LogP contribution in [-0.4, -0.2) is 140 Å². The molecule has 288 valence electrons. The van der Waals surface area contributed by atoms with Crippen LogP contribution >= 0.6 is 0 Å². The van der Waals surface area contributed by atoms with E-state index >= 15 is 0 Å². The molecule has 51 heavy (non-hydrogen) atoms. The summed E-state index contributed by atoms with van der Waals surface area (Å²) >= 11 is 0. The van der Waals surface area contributed by atoms with Crippen LogP contribution in [0.1, 0.15) is 76.7 Å². The minimum absolute atomic E-state index is 0.144. The lowest BCUT2D eigenvalue weighted by molar-refractivity contribution is -0.325. The topological polar surface area (TPSA) is 198 Å². The van der Waals surface area contributed by atoms with Crippen molar-refractivity contribution in [2.45, 2.75) is 145 Å². The van der Waals surface area contributed by atoms with E-state index in [0.29, 0.717) is 35.7 Å². The number of methoxy groups -OCH3 is 3. The molecule has 15 nitrogen and oxygen atoms in total. The number of hydrogen-bond donors (Lipinski definition) is 4. The van der Waals surface area contributed by atoms with Gasteiger partial charge in [0.1, 0.15) is 60.4 Å². The molecular weight excluding hydrogens is 672 g/mol. The maximum absolute atomic E-state index is 13.7. The molecule has 0 radical (unpaired) electrons. The minimum Gasteiger partial charge on any atom is -0.493 e. The van der Waals surface area contributed by atoms with Gasteiger partial charge in [-0.15, -0.1) is 0 Å². The first-order valence-corrected chi connectivity index (χ1v) is 17.9. The standard InChI is InChI=1S/C36H54O15/c1-6-8-28-46-16-26-35(50-28)32(41)30(39)22(48-26)14-20(37)10-18(19-12-24(43-3)34(45-5)25(13-19)44-4)11-21(38)15-23-31(40)33(42)36-27(49-23)17-47-29(51-36)9-7-2/h12-13,18,22-23,26-33,35-36,39-42H,6-11,14-17H2,1-5H3/t18?,22-,23-,26+,27+,28?,29?,30-,31-,32+,33+,35+,36+/m0/s1. The van der Waals surface area contributed by atoms with Crippen LogP contribution in [0.25, 0.3) is 0 Å².